The zero-order chi connectivity index (χ0) is 13.1. The number of carboxylic acid groups (broad SMARTS) is 1. The molecule has 0 aliphatic carbocycles. The fourth-order valence-corrected chi connectivity index (χ4v) is 1.52. The average molecular weight is 248 g/mol. The molecule has 18 heavy (non-hydrogen) atoms. The minimum Gasteiger partial charge on any atom is -0.478 e. The minimum absolute atomic E-state index is 0.103. The van der Waals surface area contributed by atoms with Crippen molar-refractivity contribution in [3.05, 3.63) is 35.5 Å². The Hall–Kier alpha value is -2.57. The van der Waals surface area contributed by atoms with Crippen molar-refractivity contribution < 1.29 is 14.4 Å². The van der Waals surface area contributed by atoms with Crippen LogP contribution in [0.5, 0.6) is 0 Å². The molecule has 0 amide bonds. The Morgan fingerprint density at radius 3 is 2.94 bits per heavy atom. The van der Waals surface area contributed by atoms with Crippen molar-refractivity contribution in [1.29, 1.82) is 0 Å². The second kappa shape index (κ2) is 4.74. The van der Waals surface area contributed by atoms with Gasteiger partial charge in [0.25, 0.3) is 0 Å². The van der Waals surface area contributed by atoms with Gasteiger partial charge < -0.3 is 20.7 Å². The Balaban J connectivity index is 2.20. The summed E-state index contributed by atoms with van der Waals surface area (Å²) >= 11 is 0. The van der Waals surface area contributed by atoms with E-state index in [9.17, 15) is 4.79 Å². The number of hydrogen-bond donors (Lipinski definition) is 3. The summed E-state index contributed by atoms with van der Waals surface area (Å²) in [5, 5.41) is 15.6. The van der Waals surface area contributed by atoms with Crippen LogP contribution in [0.25, 0.3) is 0 Å². The SMILES string of the molecule is Cc1noc(CNc2c(N)cccc2C(=O)O)n1. The first-order valence-electron chi connectivity index (χ1n) is 5.23. The highest BCUT2D eigenvalue weighted by molar-refractivity contribution is 5.97. The van der Waals surface area contributed by atoms with Gasteiger partial charge >= 0.3 is 5.97 Å². The summed E-state index contributed by atoms with van der Waals surface area (Å²) in [6.07, 6.45) is 0. The molecule has 0 unspecified atom stereocenters. The fourth-order valence-electron chi connectivity index (χ4n) is 1.52. The summed E-state index contributed by atoms with van der Waals surface area (Å²) in [6, 6.07) is 4.68. The molecule has 0 aliphatic rings. The maximum Gasteiger partial charge on any atom is 0.337 e. The van der Waals surface area contributed by atoms with Gasteiger partial charge in [-0.3, -0.25) is 0 Å². The number of nitrogens with two attached hydrogens (primary N) is 1. The second-order valence-electron chi connectivity index (χ2n) is 3.66. The molecule has 1 heterocycles. The van der Waals surface area contributed by atoms with E-state index in [0.29, 0.717) is 23.1 Å². The van der Waals surface area contributed by atoms with Crippen LogP contribution in [0, 0.1) is 6.92 Å². The van der Waals surface area contributed by atoms with E-state index in [4.69, 9.17) is 15.4 Å². The van der Waals surface area contributed by atoms with Crippen molar-refractivity contribution in [2.24, 2.45) is 0 Å². The molecule has 0 saturated carbocycles. The summed E-state index contributed by atoms with van der Waals surface area (Å²) in [5.74, 6) is -0.162. The molecule has 0 bridgehead atoms. The molecule has 1 aromatic carbocycles. The standard InChI is InChI=1S/C11H12N4O3/c1-6-14-9(18-15-6)5-13-10-7(11(16)17)3-2-4-8(10)12/h2-4,13H,5,12H2,1H3,(H,16,17). The van der Waals surface area contributed by atoms with E-state index in [1.807, 2.05) is 0 Å². The monoisotopic (exact) mass is 248 g/mol. The second-order valence-corrected chi connectivity index (χ2v) is 3.66. The number of aryl methyl sites for hydroxylation is 1. The van der Waals surface area contributed by atoms with Crippen LogP contribution in [0.4, 0.5) is 11.4 Å². The van der Waals surface area contributed by atoms with Gasteiger partial charge in [0.1, 0.15) is 0 Å². The zero-order valence-corrected chi connectivity index (χ0v) is 9.67. The van der Waals surface area contributed by atoms with Gasteiger partial charge in [-0.2, -0.15) is 4.98 Å². The number of hydrogen-bond acceptors (Lipinski definition) is 6. The molecule has 0 aliphatic heterocycles. The summed E-state index contributed by atoms with van der Waals surface area (Å²) in [5.41, 5.74) is 6.54. The first-order chi connectivity index (χ1) is 8.58. The number of aromatic carboxylic acids is 1. The molecule has 7 heteroatoms. The van der Waals surface area contributed by atoms with Crippen molar-refractivity contribution in [3.8, 4) is 0 Å². The lowest BCUT2D eigenvalue weighted by Crippen LogP contribution is -2.09. The number of nitrogen functional groups attached to an aromatic ring is 1. The van der Waals surface area contributed by atoms with E-state index in [1.165, 1.54) is 6.07 Å². The topological polar surface area (TPSA) is 114 Å². The minimum atomic E-state index is -1.05. The number of nitrogens with zero attached hydrogens (tertiary/aromatic N) is 2. The number of aromatic nitrogens is 2. The van der Waals surface area contributed by atoms with E-state index in [1.54, 1.807) is 19.1 Å². The van der Waals surface area contributed by atoms with Crippen molar-refractivity contribution in [2.75, 3.05) is 11.1 Å². The molecule has 7 nitrogen and oxygen atoms in total. The van der Waals surface area contributed by atoms with Gasteiger partial charge in [0, 0.05) is 0 Å². The molecule has 94 valence electrons. The number of benzene rings is 1. The van der Waals surface area contributed by atoms with Gasteiger partial charge in [-0.05, 0) is 19.1 Å². The number of anilines is 2. The summed E-state index contributed by atoms with van der Waals surface area (Å²) < 4.78 is 4.91. The lowest BCUT2D eigenvalue weighted by Gasteiger charge is -2.10. The predicted molar refractivity (Wildman–Crippen MR) is 64.2 cm³/mol. The molecule has 0 radical (unpaired) electrons. The normalized spacial score (nSPS) is 10.3. The van der Waals surface area contributed by atoms with Crippen molar-refractivity contribution in [1.82, 2.24) is 10.1 Å². The van der Waals surface area contributed by atoms with Crippen LogP contribution in [0.3, 0.4) is 0 Å². The molecule has 0 spiro atoms. The van der Waals surface area contributed by atoms with E-state index in [-0.39, 0.29) is 12.1 Å². The van der Waals surface area contributed by atoms with Crippen LogP contribution in [-0.4, -0.2) is 21.2 Å². The number of nitrogens with one attached hydrogen (secondary N) is 1. The first-order valence-corrected chi connectivity index (χ1v) is 5.23. The molecular formula is C11H12N4O3. The van der Waals surface area contributed by atoms with Crippen LogP contribution in [0.15, 0.2) is 22.7 Å². The van der Waals surface area contributed by atoms with Crippen LogP contribution < -0.4 is 11.1 Å². The Morgan fingerprint density at radius 2 is 2.33 bits per heavy atom. The lowest BCUT2D eigenvalue weighted by molar-refractivity contribution is 0.0698. The van der Waals surface area contributed by atoms with Crippen LogP contribution in [0.1, 0.15) is 22.1 Å². The number of carboxylic acids is 1. The van der Waals surface area contributed by atoms with Gasteiger partial charge in [-0.1, -0.05) is 11.2 Å². The Morgan fingerprint density at radius 1 is 1.56 bits per heavy atom. The maximum atomic E-state index is 11.0. The van der Waals surface area contributed by atoms with Crippen LogP contribution in [0.2, 0.25) is 0 Å². The number of rotatable bonds is 4. The predicted octanol–water partition coefficient (Wildman–Crippen LogP) is 1.27. The summed E-state index contributed by atoms with van der Waals surface area (Å²) in [7, 11) is 0. The third kappa shape index (κ3) is 2.40. The van der Waals surface area contributed by atoms with E-state index in [0.717, 1.165) is 0 Å². The highest BCUT2D eigenvalue weighted by Gasteiger charge is 2.13. The highest BCUT2D eigenvalue weighted by atomic mass is 16.5. The van der Waals surface area contributed by atoms with E-state index >= 15 is 0 Å². The molecule has 1 aromatic heterocycles. The molecule has 0 atom stereocenters. The summed E-state index contributed by atoms with van der Waals surface area (Å²) in [4.78, 5) is 15.0. The molecular weight excluding hydrogens is 236 g/mol. The zero-order valence-electron chi connectivity index (χ0n) is 9.67. The van der Waals surface area contributed by atoms with Crippen molar-refractivity contribution in [3.63, 3.8) is 0 Å². The third-order valence-corrected chi connectivity index (χ3v) is 2.31. The molecule has 0 fully saturated rings. The Kier molecular flexibility index (Phi) is 3.13. The van der Waals surface area contributed by atoms with Gasteiger partial charge in [0.2, 0.25) is 5.89 Å². The van der Waals surface area contributed by atoms with Crippen LogP contribution in [-0.2, 0) is 6.54 Å². The lowest BCUT2D eigenvalue weighted by atomic mass is 10.1. The summed E-state index contributed by atoms with van der Waals surface area (Å²) in [6.45, 7) is 1.92. The molecule has 0 saturated heterocycles. The van der Waals surface area contributed by atoms with Crippen molar-refractivity contribution >= 4 is 17.3 Å². The molecule has 4 N–H and O–H groups in total. The quantitative estimate of drug-likeness (QED) is 0.698. The van der Waals surface area contributed by atoms with Gasteiger partial charge in [-0.25, -0.2) is 4.79 Å². The highest BCUT2D eigenvalue weighted by Crippen LogP contribution is 2.23. The first kappa shape index (κ1) is 11.9. The molecule has 2 aromatic rings. The number of carbonyl (C=O) groups is 1. The van der Waals surface area contributed by atoms with E-state index < -0.39 is 5.97 Å². The van der Waals surface area contributed by atoms with E-state index in [2.05, 4.69) is 15.5 Å². The average Bonchev–Trinajstić information content (AvgIpc) is 2.73. The smallest absolute Gasteiger partial charge is 0.337 e. The third-order valence-electron chi connectivity index (χ3n) is 2.31. The Bertz CT molecular complexity index is 579. The van der Waals surface area contributed by atoms with Gasteiger partial charge in [0.15, 0.2) is 5.82 Å². The fraction of sp³-hybridized carbons (Fsp3) is 0.182. The maximum absolute atomic E-state index is 11.0. The van der Waals surface area contributed by atoms with Gasteiger partial charge in [-0.15, -0.1) is 0 Å². The number of para-hydroxylation sites is 1. The largest absolute Gasteiger partial charge is 0.478 e. The van der Waals surface area contributed by atoms with Gasteiger partial charge in [0.05, 0.1) is 23.5 Å². The van der Waals surface area contributed by atoms with Crippen molar-refractivity contribution in [2.45, 2.75) is 13.5 Å². The molecule has 2 rings (SSSR count). The van der Waals surface area contributed by atoms with Crippen LogP contribution >= 0.6 is 0 Å². The Labute approximate surface area is 103 Å².